The van der Waals surface area contributed by atoms with Crippen molar-refractivity contribution in [1.29, 1.82) is 0 Å². The minimum absolute atomic E-state index is 0.0906. The maximum atomic E-state index is 13.8. The molecule has 4 aliphatic carbocycles. The molecule has 45 heavy (non-hydrogen) atoms. The monoisotopic (exact) mass is 627 g/mol. The van der Waals surface area contributed by atoms with Crippen molar-refractivity contribution in [3.63, 3.8) is 0 Å². The lowest BCUT2D eigenvalue weighted by molar-refractivity contribution is -0.183. The second kappa shape index (κ2) is 17.5. The summed E-state index contributed by atoms with van der Waals surface area (Å²) in [5.74, 6) is 9.22. The Bertz CT molecular complexity index is 990. The topological polar surface area (TPSA) is 111 Å². The molecule has 0 bridgehead atoms. The number of amides is 2. The Morgan fingerprint density at radius 1 is 0.822 bits per heavy atom. The van der Waals surface area contributed by atoms with Gasteiger partial charge >= 0.3 is 0 Å². The molecule has 4 saturated carbocycles. The van der Waals surface area contributed by atoms with Gasteiger partial charge in [0.15, 0.2) is 0 Å². The van der Waals surface area contributed by atoms with Crippen molar-refractivity contribution in [3.05, 3.63) is 0 Å². The summed E-state index contributed by atoms with van der Waals surface area (Å²) in [5, 5.41) is 28.9. The number of hydrogen-bond donors (Lipinski definition) is 4. The number of hydrogen-bond acceptors (Lipinski definition) is 6. The number of carbonyl (C=O) groups excluding carboxylic acids is 2. The standard InChI is InChI=1S/C37H61N3O5/c1-26(42)34-33(25-41)45-40(35(34)37(44)39-23-28-17-19-31(20-18-28)30-13-4-2-5-14-30)24-29-11-8-10-27(22-29)12-9-21-38-36(43)32-15-6-3-7-16-32/h26-35,41-42H,2-8,10-11,13-25H2,1H3,(H,38,43)(H,39,44)/t26-,27?,28?,29?,31?,33-,34+,35-/m1/s1. The summed E-state index contributed by atoms with van der Waals surface area (Å²) in [4.78, 5) is 32.4. The number of aliphatic hydroxyl groups excluding tert-OH is 2. The van der Waals surface area contributed by atoms with E-state index < -0.39 is 24.2 Å². The molecule has 254 valence electrons. The molecule has 0 aromatic heterocycles. The molecule has 0 aromatic rings. The van der Waals surface area contributed by atoms with E-state index in [0.29, 0.717) is 31.5 Å². The highest BCUT2D eigenvalue weighted by Gasteiger charge is 2.50. The van der Waals surface area contributed by atoms with Gasteiger partial charge in [-0.1, -0.05) is 69.6 Å². The Hall–Kier alpha value is -1.66. The van der Waals surface area contributed by atoms with E-state index in [-0.39, 0.29) is 30.3 Å². The lowest BCUT2D eigenvalue weighted by atomic mass is 9.71. The van der Waals surface area contributed by atoms with Gasteiger partial charge in [0.05, 0.1) is 19.3 Å². The third kappa shape index (κ3) is 9.69. The van der Waals surface area contributed by atoms with Crippen molar-refractivity contribution in [1.82, 2.24) is 15.7 Å². The van der Waals surface area contributed by atoms with Crippen LogP contribution in [0, 0.1) is 53.3 Å². The van der Waals surface area contributed by atoms with Crippen LogP contribution in [0.1, 0.15) is 122 Å². The number of hydroxylamine groups is 2. The summed E-state index contributed by atoms with van der Waals surface area (Å²) in [5.41, 5.74) is 0. The Kier molecular flexibility index (Phi) is 13.5. The number of nitrogens with zero attached hydrogens (tertiary/aromatic N) is 1. The summed E-state index contributed by atoms with van der Waals surface area (Å²) in [6.07, 6.45) is 20.2. The van der Waals surface area contributed by atoms with E-state index in [9.17, 15) is 19.8 Å². The molecule has 2 amide bonds. The van der Waals surface area contributed by atoms with Crippen LogP contribution in [0.2, 0.25) is 0 Å². The smallest absolute Gasteiger partial charge is 0.240 e. The molecule has 4 N–H and O–H groups in total. The molecule has 0 radical (unpaired) electrons. The number of aliphatic hydroxyl groups is 2. The van der Waals surface area contributed by atoms with Crippen molar-refractivity contribution >= 4 is 11.8 Å². The third-order valence-electron chi connectivity index (χ3n) is 12.0. The van der Waals surface area contributed by atoms with Crippen LogP contribution < -0.4 is 10.6 Å². The lowest BCUT2D eigenvalue weighted by Crippen LogP contribution is -2.51. The zero-order chi connectivity index (χ0) is 31.6. The van der Waals surface area contributed by atoms with Gasteiger partial charge in [-0.2, -0.15) is 5.06 Å². The van der Waals surface area contributed by atoms with E-state index >= 15 is 0 Å². The highest BCUT2D eigenvalue weighted by atomic mass is 16.7. The van der Waals surface area contributed by atoms with Gasteiger partial charge in [-0.3, -0.25) is 14.4 Å². The number of rotatable bonds is 10. The molecule has 0 aromatic carbocycles. The van der Waals surface area contributed by atoms with E-state index in [1.165, 1.54) is 64.2 Å². The van der Waals surface area contributed by atoms with Crippen LogP contribution in [0.3, 0.4) is 0 Å². The van der Waals surface area contributed by atoms with Gasteiger partial charge in [-0.15, -0.1) is 0 Å². The quantitative estimate of drug-likeness (QED) is 0.255. The van der Waals surface area contributed by atoms with Crippen LogP contribution in [0.4, 0.5) is 0 Å². The predicted octanol–water partition coefficient (Wildman–Crippen LogP) is 4.97. The molecule has 5 aliphatic rings. The maximum Gasteiger partial charge on any atom is 0.240 e. The third-order valence-corrected chi connectivity index (χ3v) is 12.0. The predicted molar refractivity (Wildman–Crippen MR) is 175 cm³/mol. The minimum atomic E-state index is -0.775. The molecule has 1 heterocycles. The van der Waals surface area contributed by atoms with Crippen LogP contribution in [0.5, 0.6) is 0 Å². The van der Waals surface area contributed by atoms with Crippen molar-refractivity contribution in [2.24, 2.45) is 41.4 Å². The van der Waals surface area contributed by atoms with Crippen LogP contribution in [0.25, 0.3) is 0 Å². The highest BCUT2D eigenvalue weighted by Crippen LogP contribution is 2.40. The molecule has 8 nitrogen and oxygen atoms in total. The van der Waals surface area contributed by atoms with Crippen LogP contribution in [0.15, 0.2) is 0 Å². The van der Waals surface area contributed by atoms with Crippen molar-refractivity contribution in [3.8, 4) is 11.8 Å². The average molecular weight is 628 g/mol. The Morgan fingerprint density at radius 2 is 1.51 bits per heavy atom. The Morgan fingerprint density at radius 3 is 2.20 bits per heavy atom. The Labute approximate surface area is 272 Å². The molecule has 8 heteroatoms. The van der Waals surface area contributed by atoms with Crippen LogP contribution in [-0.2, 0) is 14.4 Å². The summed E-state index contributed by atoms with van der Waals surface area (Å²) in [6, 6.07) is -0.623. The second-order valence-electron chi connectivity index (χ2n) is 15.2. The van der Waals surface area contributed by atoms with Gasteiger partial charge in [0.25, 0.3) is 0 Å². The van der Waals surface area contributed by atoms with E-state index in [0.717, 1.165) is 63.2 Å². The van der Waals surface area contributed by atoms with E-state index in [1.807, 2.05) is 0 Å². The van der Waals surface area contributed by atoms with Gasteiger partial charge in [-0.05, 0) is 88.4 Å². The highest BCUT2D eigenvalue weighted by molar-refractivity contribution is 5.82. The lowest BCUT2D eigenvalue weighted by Gasteiger charge is -2.36. The zero-order valence-corrected chi connectivity index (χ0v) is 27.9. The number of carbonyl (C=O) groups is 2. The van der Waals surface area contributed by atoms with E-state index in [2.05, 4.69) is 22.5 Å². The first-order chi connectivity index (χ1) is 21.9. The van der Waals surface area contributed by atoms with Crippen molar-refractivity contribution in [2.45, 2.75) is 141 Å². The Balaban J connectivity index is 1.11. The van der Waals surface area contributed by atoms with Crippen molar-refractivity contribution in [2.75, 3.05) is 26.2 Å². The first-order valence-electron chi connectivity index (χ1n) is 18.7. The molecule has 0 spiro atoms. The van der Waals surface area contributed by atoms with Crippen molar-refractivity contribution < 1.29 is 24.6 Å². The normalized spacial score (nSPS) is 34.4. The molecular weight excluding hydrogens is 566 g/mol. The molecule has 6 atom stereocenters. The van der Waals surface area contributed by atoms with Gasteiger partial charge in [0, 0.05) is 30.8 Å². The summed E-state index contributed by atoms with van der Waals surface area (Å²) < 4.78 is 0. The summed E-state index contributed by atoms with van der Waals surface area (Å²) in [6.45, 7) is 3.14. The van der Waals surface area contributed by atoms with Crippen LogP contribution in [-0.4, -0.2) is 71.6 Å². The van der Waals surface area contributed by atoms with Crippen LogP contribution >= 0.6 is 0 Å². The largest absolute Gasteiger partial charge is 0.394 e. The van der Waals surface area contributed by atoms with Gasteiger partial charge in [0.1, 0.15) is 12.1 Å². The first-order valence-corrected chi connectivity index (χ1v) is 18.7. The van der Waals surface area contributed by atoms with Gasteiger partial charge in [-0.25, -0.2) is 0 Å². The fourth-order valence-electron chi connectivity index (χ4n) is 9.39. The SMILES string of the molecule is C[C@@H](O)[C@H]1[C@@H](CO)ON(CC2CCCC(C#CCNC(=O)C3CCCCC3)C2)[C@H]1C(=O)NCC1CCC(C2CCCCC2)CC1. The second-order valence-corrected chi connectivity index (χ2v) is 15.2. The average Bonchev–Trinajstić information content (AvgIpc) is 3.45. The van der Waals surface area contributed by atoms with Gasteiger partial charge < -0.3 is 20.8 Å². The molecule has 1 saturated heterocycles. The fourth-order valence-corrected chi connectivity index (χ4v) is 9.39. The maximum absolute atomic E-state index is 13.8. The first kappa shape index (κ1) is 34.7. The zero-order valence-electron chi connectivity index (χ0n) is 27.9. The molecule has 5 rings (SSSR count). The molecule has 2 unspecified atom stereocenters. The molecular formula is C37H61N3O5. The molecule has 5 fully saturated rings. The summed E-state index contributed by atoms with van der Waals surface area (Å²) >= 11 is 0. The van der Waals surface area contributed by atoms with E-state index in [1.54, 1.807) is 12.0 Å². The van der Waals surface area contributed by atoms with E-state index in [4.69, 9.17) is 4.84 Å². The molecule has 1 aliphatic heterocycles. The van der Waals surface area contributed by atoms with Gasteiger partial charge in [0.2, 0.25) is 11.8 Å². The fraction of sp³-hybridized carbons (Fsp3) is 0.892. The minimum Gasteiger partial charge on any atom is -0.394 e. The summed E-state index contributed by atoms with van der Waals surface area (Å²) in [7, 11) is 0. The number of nitrogens with one attached hydrogen (secondary N) is 2.